The van der Waals surface area contributed by atoms with Gasteiger partial charge in [0, 0.05) is 23.0 Å². The number of carbonyl (C=O) groups excluding carboxylic acids is 1. The molecule has 7 heteroatoms. The Morgan fingerprint density at radius 2 is 1.83 bits per heavy atom. The largest absolute Gasteiger partial charge is 0.548 e. The van der Waals surface area contributed by atoms with Crippen LogP contribution in [-0.2, 0) is 11.4 Å². The molecule has 0 aliphatic carbocycles. The quantitative estimate of drug-likeness (QED) is 0.556. The standard InChI is InChI=1S/C23H21N3O4/c1-29-20-11-18(19(25)12-21(20)30-14-16-5-3-2-4-6-16)22(23(27)28)26-17-9-7-15(13-24)8-10-17/h2-12,22,26H,14,25H2,1H3,(H,27,28)/p-1. The first-order valence-electron chi connectivity index (χ1n) is 9.13. The van der Waals surface area contributed by atoms with Crippen molar-refractivity contribution in [2.24, 2.45) is 0 Å². The maximum Gasteiger partial charge on any atom is 0.163 e. The lowest BCUT2D eigenvalue weighted by molar-refractivity contribution is -0.307. The fourth-order valence-electron chi connectivity index (χ4n) is 2.92. The number of nitriles is 1. The number of nitrogens with one attached hydrogen (secondary N) is 1. The van der Waals surface area contributed by atoms with Gasteiger partial charge >= 0.3 is 0 Å². The van der Waals surface area contributed by atoms with Gasteiger partial charge in [-0.1, -0.05) is 30.3 Å². The summed E-state index contributed by atoms with van der Waals surface area (Å²) in [5.74, 6) is -0.604. The molecule has 30 heavy (non-hydrogen) atoms. The van der Waals surface area contributed by atoms with E-state index in [1.54, 1.807) is 24.3 Å². The normalized spacial score (nSPS) is 11.2. The van der Waals surface area contributed by atoms with Gasteiger partial charge < -0.3 is 30.4 Å². The van der Waals surface area contributed by atoms with E-state index >= 15 is 0 Å². The Bertz CT molecular complexity index is 1060. The number of nitrogen functional groups attached to an aromatic ring is 1. The van der Waals surface area contributed by atoms with Gasteiger partial charge in [-0.2, -0.15) is 5.26 Å². The third-order valence-electron chi connectivity index (χ3n) is 4.48. The molecule has 3 rings (SSSR count). The van der Waals surface area contributed by atoms with Gasteiger partial charge in [0.05, 0.1) is 30.8 Å². The van der Waals surface area contributed by atoms with E-state index in [4.69, 9.17) is 20.5 Å². The molecule has 0 spiro atoms. The van der Waals surface area contributed by atoms with Gasteiger partial charge in [0.2, 0.25) is 0 Å². The number of anilines is 2. The number of rotatable bonds is 8. The fourth-order valence-corrected chi connectivity index (χ4v) is 2.92. The van der Waals surface area contributed by atoms with Gasteiger partial charge in [-0.25, -0.2) is 0 Å². The highest BCUT2D eigenvalue weighted by atomic mass is 16.5. The van der Waals surface area contributed by atoms with Crippen LogP contribution in [0.2, 0.25) is 0 Å². The molecular formula is C23H20N3O4-. The smallest absolute Gasteiger partial charge is 0.163 e. The van der Waals surface area contributed by atoms with Crippen LogP contribution in [0.1, 0.15) is 22.7 Å². The van der Waals surface area contributed by atoms with E-state index in [-0.39, 0.29) is 11.3 Å². The maximum atomic E-state index is 11.8. The first-order chi connectivity index (χ1) is 14.5. The van der Waals surface area contributed by atoms with Crippen LogP contribution in [0.5, 0.6) is 11.5 Å². The number of carbonyl (C=O) groups is 1. The molecular weight excluding hydrogens is 382 g/mol. The van der Waals surface area contributed by atoms with Crippen LogP contribution in [0.25, 0.3) is 0 Å². The lowest BCUT2D eigenvalue weighted by Crippen LogP contribution is -2.34. The number of hydrogen-bond acceptors (Lipinski definition) is 7. The van der Waals surface area contributed by atoms with Gasteiger partial charge in [-0.05, 0) is 35.9 Å². The summed E-state index contributed by atoms with van der Waals surface area (Å²) in [6.45, 7) is 0.309. The fraction of sp³-hybridized carbons (Fsp3) is 0.130. The highest BCUT2D eigenvalue weighted by Crippen LogP contribution is 2.36. The van der Waals surface area contributed by atoms with Gasteiger partial charge in [0.15, 0.2) is 11.5 Å². The number of aliphatic carboxylic acids is 1. The molecule has 7 nitrogen and oxygen atoms in total. The summed E-state index contributed by atoms with van der Waals surface area (Å²) < 4.78 is 11.2. The van der Waals surface area contributed by atoms with E-state index < -0.39 is 12.0 Å². The first kappa shape index (κ1) is 20.6. The number of methoxy groups -OCH3 is 1. The summed E-state index contributed by atoms with van der Waals surface area (Å²) in [6.07, 6.45) is 0. The number of nitrogens with two attached hydrogens (primary N) is 1. The molecule has 3 N–H and O–H groups in total. The van der Waals surface area contributed by atoms with E-state index in [2.05, 4.69) is 5.32 Å². The van der Waals surface area contributed by atoms with Crippen molar-refractivity contribution < 1.29 is 19.4 Å². The number of carboxylic acids is 1. The summed E-state index contributed by atoms with van der Waals surface area (Å²) in [6, 6.07) is 19.8. The number of benzene rings is 3. The number of hydrogen-bond donors (Lipinski definition) is 2. The van der Waals surface area contributed by atoms with Gasteiger partial charge in [0.25, 0.3) is 0 Å². The Kier molecular flexibility index (Phi) is 6.40. The average molecular weight is 402 g/mol. The summed E-state index contributed by atoms with van der Waals surface area (Å²) in [4.78, 5) is 11.8. The van der Waals surface area contributed by atoms with Crippen molar-refractivity contribution in [2.75, 3.05) is 18.2 Å². The van der Waals surface area contributed by atoms with Crippen LogP contribution in [-0.4, -0.2) is 13.1 Å². The SMILES string of the molecule is COc1cc(C(Nc2ccc(C#N)cc2)C(=O)[O-])c(N)cc1OCc1ccccc1. The number of nitrogens with zero attached hydrogens (tertiary/aromatic N) is 1. The Balaban J connectivity index is 1.86. The van der Waals surface area contributed by atoms with Gasteiger partial charge in [-0.15, -0.1) is 0 Å². The van der Waals surface area contributed by atoms with Crippen molar-refractivity contribution in [3.05, 3.63) is 83.4 Å². The molecule has 0 aliphatic heterocycles. The van der Waals surface area contributed by atoms with Crippen molar-refractivity contribution in [3.63, 3.8) is 0 Å². The monoisotopic (exact) mass is 402 g/mol. The zero-order valence-corrected chi connectivity index (χ0v) is 16.3. The van der Waals surface area contributed by atoms with E-state index in [0.29, 0.717) is 29.4 Å². The molecule has 0 aromatic heterocycles. The van der Waals surface area contributed by atoms with Crippen LogP contribution in [0.4, 0.5) is 11.4 Å². The molecule has 1 unspecified atom stereocenters. The Morgan fingerprint density at radius 3 is 2.43 bits per heavy atom. The molecule has 152 valence electrons. The second-order valence-electron chi connectivity index (χ2n) is 6.49. The van der Waals surface area contributed by atoms with Crippen molar-refractivity contribution in [2.45, 2.75) is 12.6 Å². The summed E-state index contributed by atoms with van der Waals surface area (Å²) in [7, 11) is 1.47. The second kappa shape index (κ2) is 9.34. The third kappa shape index (κ3) is 4.80. The summed E-state index contributed by atoms with van der Waals surface area (Å²) in [5.41, 5.74) is 8.58. The molecule has 0 fully saturated rings. The van der Waals surface area contributed by atoms with Crippen LogP contribution >= 0.6 is 0 Å². The molecule has 1 atom stereocenters. The molecule has 0 radical (unpaired) electrons. The van der Waals surface area contributed by atoms with Gasteiger partial charge in [0.1, 0.15) is 6.61 Å². The van der Waals surface area contributed by atoms with Crippen molar-refractivity contribution in [3.8, 4) is 17.6 Å². The highest BCUT2D eigenvalue weighted by Gasteiger charge is 2.20. The minimum atomic E-state index is -1.36. The minimum absolute atomic E-state index is 0.217. The lowest BCUT2D eigenvalue weighted by Gasteiger charge is -2.24. The van der Waals surface area contributed by atoms with Crippen LogP contribution in [0, 0.1) is 11.3 Å². The minimum Gasteiger partial charge on any atom is -0.548 e. The Hall–Kier alpha value is -4.18. The molecule has 0 saturated carbocycles. The predicted octanol–water partition coefficient (Wildman–Crippen LogP) is 2.63. The van der Waals surface area contributed by atoms with E-state index in [0.717, 1.165) is 5.56 Å². The summed E-state index contributed by atoms with van der Waals surface area (Å²) >= 11 is 0. The molecule has 0 saturated heterocycles. The Morgan fingerprint density at radius 1 is 1.13 bits per heavy atom. The molecule has 0 aliphatic rings. The predicted molar refractivity (Wildman–Crippen MR) is 111 cm³/mol. The van der Waals surface area contributed by atoms with Crippen LogP contribution < -0.4 is 25.6 Å². The highest BCUT2D eigenvalue weighted by molar-refractivity contribution is 5.81. The molecule has 3 aromatic carbocycles. The Labute approximate surface area is 174 Å². The van der Waals surface area contributed by atoms with E-state index in [1.165, 1.54) is 19.2 Å². The van der Waals surface area contributed by atoms with Crippen molar-refractivity contribution in [1.82, 2.24) is 0 Å². The first-order valence-corrected chi connectivity index (χ1v) is 9.13. The number of ether oxygens (including phenoxy) is 2. The second-order valence-corrected chi connectivity index (χ2v) is 6.49. The molecule has 0 bridgehead atoms. The lowest BCUT2D eigenvalue weighted by atomic mass is 10.0. The zero-order chi connectivity index (χ0) is 21.5. The van der Waals surface area contributed by atoms with E-state index in [1.807, 2.05) is 36.4 Å². The third-order valence-corrected chi connectivity index (χ3v) is 4.48. The zero-order valence-electron chi connectivity index (χ0n) is 16.3. The topological polar surface area (TPSA) is 120 Å². The van der Waals surface area contributed by atoms with E-state index in [9.17, 15) is 9.90 Å². The van der Waals surface area contributed by atoms with Crippen molar-refractivity contribution >= 4 is 17.3 Å². The molecule has 3 aromatic rings. The van der Waals surface area contributed by atoms with Crippen LogP contribution in [0.3, 0.4) is 0 Å². The van der Waals surface area contributed by atoms with Gasteiger partial charge in [-0.3, -0.25) is 0 Å². The number of carboxylic acid groups (broad SMARTS) is 1. The van der Waals surface area contributed by atoms with Crippen molar-refractivity contribution in [1.29, 1.82) is 5.26 Å². The average Bonchev–Trinajstić information content (AvgIpc) is 2.77. The molecule has 0 amide bonds. The maximum absolute atomic E-state index is 11.8. The summed E-state index contributed by atoms with van der Waals surface area (Å²) in [5, 5.41) is 23.6. The molecule has 0 heterocycles. The van der Waals surface area contributed by atoms with Crippen LogP contribution in [0.15, 0.2) is 66.7 Å².